The van der Waals surface area contributed by atoms with E-state index >= 15 is 0 Å². The number of H-pyrrole nitrogens is 1. The van der Waals surface area contributed by atoms with Crippen molar-refractivity contribution in [1.29, 1.82) is 5.26 Å². The zero-order valence-corrected chi connectivity index (χ0v) is 11.2. The van der Waals surface area contributed by atoms with Crippen molar-refractivity contribution in [2.75, 3.05) is 0 Å². The van der Waals surface area contributed by atoms with Crippen molar-refractivity contribution in [2.45, 2.75) is 13.1 Å². The summed E-state index contributed by atoms with van der Waals surface area (Å²) in [6.07, 6.45) is -5.06. The fraction of sp³-hybridized carbons (Fsp3) is 0.167. The van der Waals surface area contributed by atoms with Gasteiger partial charge in [0.05, 0.1) is 16.8 Å². The van der Waals surface area contributed by atoms with Crippen LogP contribution in [0.1, 0.15) is 21.7 Å². The van der Waals surface area contributed by atoms with E-state index < -0.39 is 17.5 Å². The van der Waals surface area contributed by atoms with Gasteiger partial charge in [-0.2, -0.15) is 23.5 Å². The number of aromatic nitrogens is 3. The first-order valence-corrected chi connectivity index (χ1v) is 5.87. The smallest absolute Gasteiger partial charge is 0.284 e. The first-order chi connectivity index (χ1) is 9.75. The monoisotopic (exact) mass is 314 g/mol. The van der Waals surface area contributed by atoms with Crippen LogP contribution < -0.4 is 0 Å². The number of pyridine rings is 1. The maximum Gasteiger partial charge on any atom is 0.454 e. The highest BCUT2D eigenvalue weighted by Crippen LogP contribution is 2.32. The van der Waals surface area contributed by atoms with Gasteiger partial charge in [0.25, 0.3) is 5.78 Å². The molecule has 2 aromatic heterocycles. The fourth-order valence-electron chi connectivity index (χ4n) is 1.76. The molecule has 0 unspecified atom stereocenters. The Kier molecular flexibility index (Phi) is 3.70. The van der Waals surface area contributed by atoms with E-state index in [9.17, 15) is 18.0 Å². The van der Waals surface area contributed by atoms with Crippen LogP contribution in [0.4, 0.5) is 13.2 Å². The Morgan fingerprint density at radius 2 is 2.10 bits per heavy atom. The molecule has 21 heavy (non-hydrogen) atoms. The molecule has 9 heteroatoms. The van der Waals surface area contributed by atoms with Crippen LogP contribution in [0.5, 0.6) is 0 Å². The molecule has 2 rings (SSSR count). The summed E-state index contributed by atoms with van der Waals surface area (Å²) < 4.78 is 37.9. The Balaban J connectivity index is 2.75. The van der Waals surface area contributed by atoms with Gasteiger partial charge in [0.2, 0.25) is 0 Å². The molecule has 0 radical (unpaired) electrons. The molecule has 0 aliphatic carbocycles. The van der Waals surface area contributed by atoms with Crippen LogP contribution in [0.3, 0.4) is 0 Å². The Bertz CT molecular complexity index is 761. The van der Waals surface area contributed by atoms with Crippen LogP contribution in [0.25, 0.3) is 11.3 Å². The molecule has 1 N–H and O–H groups in total. The minimum absolute atomic E-state index is 0.0209. The number of carbonyl (C=O) groups is 1. The van der Waals surface area contributed by atoms with Crippen LogP contribution in [0.2, 0.25) is 5.15 Å². The van der Waals surface area contributed by atoms with E-state index in [1.54, 1.807) is 6.07 Å². The van der Waals surface area contributed by atoms with Crippen LogP contribution in [0.15, 0.2) is 12.1 Å². The van der Waals surface area contributed by atoms with Crippen LogP contribution in [-0.2, 0) is 0 Å². The number of carbonyl (C=O) groups excluding carboxylic acids is 1. The second-order valence-electron chi connectivity index (χ2n) is 4.04. The predicted molar refractivity (Wildman–Crippen MR) is 66.7 cm³/mol. The summed E-state index contributed by atoms with van der Waals surface area (Å²) in [6.45, 7) is 1.49. The number of hydrogen-bond acceptors (Lipinski definition) is 4. The molecule has 0 aliphatic rings. The van der Waals surface area contributed by atoms with Crippen molar-refractivity contribution in [3.05, 3.63) is 34.2 Å². The molecule has 0 aliphatic heterocycles. The van der Waals surface area contributed by atoms with Crippen molar-refractivity contribution in [3.63, 3.8) is 0 Å². The van der Waals surface area contributed by atoms with Gasteiger partial charge in [-0.25, -0.2) is 4.98 Å². The largest absolute Gasteiger partial charge is 0.454 e. The molecule has 0 aromatic carbocycles. The van der Waals surface area contributed by atoms with Gasteiger partial charge in [-0.15, -0.1) is 0 Å². The third kappa shape index (κ3) is 2.73. The maximum atomic E-state index is 12.6. The molecule has 0 bridgehead atoms. The lowest BCUT2D eigenvalue weighted by molar-refractivity contribution is -0.0885. The third-order valence-corrected chi connectivity index (χ3v) is 2.86. The summed E-state index contributed by atoms with van der Waals surface area (Å²) in [5.41, 5.74) is -0.857. The number of halogens is 4. The van der Waals surface area contributed by atoms with Crippen LogP contribution in [-0.4, -0.2) is 27.1 Å². The third-order valence-electron chi connectivity index (χ3n) is 2.65. The molecular formula is C12H6ClF3N4O. The summed E-state index contributed by atoms with van der Waals surface area (Å²) in [4.78, 5) is 15.2. The van der Waals surface area contributed by atoms with Gasteiger partial charge >= 0.3 is 6.18 Å². The SMILES string of the molecule is Cc1[nH]nc(C#N)c1-c1nc(Cl)ccc1C(=O)C(F)(F)F. The number of hydrogen-bond donors (Lipinski definition) is 1. The fourth-order valence-corrected chi connectivity index (χ4v) is 1.91. The van der Waals surface area contributed by atoms with Gasteiger partial charge < -0.3 is 0 Å². The summed E-state index contributed by atoms with van der Waals surface area (Å²) in [6, 6.07) is 3.72. The first kappa shape index (κ1) is 15.0. The second-order valence-corrected chi connectivity index (χ2v) is 4.43. The molecule has 0 amide bonds. The minimum atomic E-state index is -5.06. The lowest BCUT2D eigenvalue weighted by atomic mass is 10.0. The quantitative estimate of drug-likeness (QED) is 0.682. The summed E-state index contributed by atoms with van der Waals surface area (Å²) >= 11 is 5.68. The number of nitrogens with one attached hydrogen (secondary N) is 1. The van der Waals surface area contributed by atoms with Crippen LogP contribution >= 0.6 is 11.6 Å². The van der Waals surface area contributed by atoms with Crippen molar-refractivity contribution < 1.29 is 18.0 Å². The topological polar surface area (TPSA) is 82.4 Å². The molecule has 2 aromatic rings. The highest BCUT2D eigenvalue weighted by atomic mass is 35.5. The molecule has 5 nitrogen and oxygen atoms in total. The molecule has 0 saturated heterocycles. The van der Waals surface area contributed by atoms with Crippen LogP contribution in [0, 0.1) is 18.3 Å². The number of nitriles is 1. The average molecular weight is 315 g/mol. The van der Waals surface area contributed by atoms with E-state index in [4.69, 9.17) is 16.9 Å². The average Bonchev–Trinajstić information content (AvgIpc) is 2.77. The molecule has 0 fully saturated rings. The lowest BCUT2D eigenvalue weighted by Gasteiger charge is -2.10. The normalized spacial score (nSPS) is 11.2. The minimum Gasteiger partial charge on any atom is -0.284 e. The van der Waals surface area contributed by atoms with Gasteiger partial charge in [-0.1, -0.05) is 11.6 Å². The van der Waals surface area contributed by atoms with E-state index in [0.29, 0.717) is 5.69 Å². The number of aryl methyl sites for hydroxylation is 1. The number of alkyl halides is 3. The van der Waals surface area contributed by atoms with Gasteiger partial charge in [0, 0.05) is 5.69 Å². The molecule has 0 spiro atoms. The molecule has 0 saturated carbocycles. The van der Waals surface area contributed by atoms with Crippen molar-refractivity contribution in [1.82, 2.24) is 15.2 Å². The van der Waals surface area contributed by atoms with E-state index in [-0.39, 0.29) is 22.1 Å². The van der Waals surface area contributed by atoms with Gasteiger partial charge in [0.15, 0.2) is 5.69 Å². The van der Waals surface area contributed by atoms with Crippen molar-refractivity contribution in [3.8, 4) is 17.3 Å². The predicted octanol–water partition coefficient (Wildman–Crippen LogP) is 3.05. The Hall–Kier alpha value is -2.40. The molecule has 2 heterocycles. The number of aromatic amines is 1. The maximum absolute atomic E-state index is 12.6. The number of Topliss-reactive ketones (excluding diaryl/α,β-unsaturated/α-hetero) is 1. The molecular weight excluding hydrogens is 309 g/mol. The number of nitrogens with zero attached hydrogens (tertiary/aromatic N) is 3. The Morgan fingerprint density at radius 1 is 1.43 bits per heavy atom. The summed E-state index contributed by atoms with van der Waals surface area (Å²) in [5, 5.41) is 15.0. The number of rotatable bonds is 2. The van der Waals surface area contributed by atoms with Gasteiger partial charge in [0.1, 0.15) is 11.2 Å². The Labute approximate surface area is 121 Å². The van der Waals surface area contributed by atoms with Gasteiger partial charge in [-0.05, 0) is 19.1 Å². The van der Waals surface area contributed by atoms with Crippen molar-refractivity contribution in [2.24, 2.45) is 0 Å². The highest BCUT2D eigenvalue weighted by Gasteiger charge is 2.41. The van der Waals surface area contributed by atoms with E-state index in [1.807, 2.05) is 0 Å². The standard InChI is InChI=1S/C12H6ClF3N4O/c1-5-9(7(4-17)20-19-5)10-6(2-3-8(13)18-10)11(21)12(14,15)16/h2-3H,1H3,(H,19,20). The van der Waals surface area contributed by atoms with Crippen molar-refractivity contribution >= 4 is 17.4 Å². The van der Waals surface area contributed by atoms with E-state index in [0.717, 1.165) is 12.1 Å². The second kappa shape index (κ2) is 5.18. The van der Waals surface area contributed by atoms with Gasteiger partial charge in [-0.3, -0.25) is 9.89 Å². The Morgan fingerprint density at radius 3 is 2.67 bits per heavy atom. The summed E-state index contributed by atoms with van der Waals surface area (Å²) in [5.74, 6) is -2.06. The zero-order chi connectivity index (χ0) is 15.8. The lowest BCUT2D eigenvalue weighted by Crippen LogP contribution is -2.23. The zero-order valence-electron chi connectivity index (χ0n) is 10.4. The molecule has 0 atom stereocenters. The van der Waals surface area contributed by atoms with E-state index in [1.165, 1.54) is 6.92 Å². The van der Waals surface area contributed by atoms with E-state index in [2.05, 4.69) is 15.2 Å². The molecule has 108 valence electrons. The number of ketones is 1. The highest BCUT2D eigenvalue weighted by molar-refractivity contribution is 6.29. The first-order valence-electron chi connectivity index (χ1n) is 5.49. The summed E-state index contributed by atoms with van der Waals surface area (Å²) in [7, 11) is 0.